The Hall–Kier alpha value is -2.08. The molecule has 20 heavy (non-hydrogen) atoms. The van der Waals surface area contributed by atoms with Crippen LogP contribution in [0.15, 0.2) is 28.7 Å². The van der Waals surface area contributed by atoms with Gasteiger partial charge < -0.3 is 16.0 Å². The van der Waals surface area contributed by atoms with E-state index in [9.17, 15) is 4.79 Å². The molecule has 0 aliphatic heterocycles. The minimum atomic E-state index is -0.565. The van der Waals surface area contributed by atoms with Crippen molar-refractivity contribution >= 4 is 49.6 Å². The standard InChI is InChI=1S/C14H13BrN4O/c1-2-19-11-4-3-7(15)5-8(11)9-6-10(13(17)20)12(16)18-14(9)19/h3-6H,2H2,1H3,(H2,16,18)(H2,17,20). The molecular formula is C14H13BrN4O. The Labute approximate surface area is 123 Å². The predicted octanol–water partition coefficient (Wildman–Crippen LogP) is 2.65. The van der Waals surface area contributed by atoms with Crippen molar-refractivity contribution < 1.29 is 4.79 Å². The molecule has 3 rings (SSSR count). The van der Waals surface area contributed by atoms with Crippen LogP contribution in [-0.2, 0) is 6.54 Å². The fourth-order valence-electron chi connectivity index (χ4n) is 2.51. The fourth-order valence-corrected chi connectivity index (χ4v) is 2.87. The summed E-state index contributed by atoms with van der Waals surface area (Å²) < 4.78 is 3.04. The summed E-state index contributed by atoms with van der Waals surface area (Å²) in [6.45, 7) is 2.81. The monoisotopic (exact) mass is 332 g/mol. The molecule has 0 unspecified atom stereocenters. The number of halogens is 1. The van der Waals surface area contributed by atoms with Gasteiger partial charge in [-0.3, -0.25) is 4.79 Å². The van der Waals surface area contributed by atoms with Gasteiger partial charge in [0.1, 0.15) is 11.5 Å². The van der Waals surface area contributed by atoms with Crippen LogP contribution in [0.25, 0.3) is 21.9 Å². The van der Waals surface area contributed by atoms with Gasteiger partial charge in [-0.1, -0.05) is 15.9 Å². The summed E-state index contributed by atoms with van der Waals surface area (Å²) in [6.07, 6.45) is 0. The number of benzene rings is 1. The van der Waals surface area contributed by atoms with Gasteiger partial charge in [0.05, 0.1) is 11.1 Å². The lowest BCUT2D eigenvalue weighted by molar-refractivity contribution is 0.100. The minimum Gasteiger partial charge on any atom is -0.383 e. The summed E-state index contributed by atoms with van der Waals surface area (Å²) >= 11 is 3.47. The zero-order chi connectivity index (χ0) is 14.4. The quantitative estimate of drug-likeness (QED) is 0.756. The van der Waals surface area contributed by atoms with Gasteiger partial charge in [-0.15, -0.1) is 0 Å². The molecule has 0 fully saturated rings. The van der Waals surface area contributed by atoms with Crippen molar-refractivity contribution in [2.45, 2.75) is 13.5 Å². The van der Waals surface area contributed by atoms with Gasteiger partial charge in [-0.25, -0.2) is 4.98 Å². The van der Waals surface area contributed by atoms with E-state index in [1.54, 1.807) is 6.07 Å². The first-order valence-electron chi connectivity index (χ1n) is 6.20. The van der Waals surface area contributed by atoms with Gasteiger partial charge >= 0.3 is 0 Å². The number of primary amides is 1. The molecule has 3 aromatic rings. The van der Waals surface area contributed by atoms with E-state index in [-0.39, 0.29) is 11.4 Å². The third kappa shape index (κ3) is 1.76. The molecule has 0 atom stereocenters. The molecule has 0 saturated carbocycles. The highest BCUT2D eigenvalue weighted by atomic mass is 79.9. The Morgan fingerprint density at radius 2 is 2.10 bits per heavy atom. The summed E-state index contributed by atoms with van der Waals surface area (Å²) in [7, 11) is 0. The Morgan fingerprint density at radius 1 is 1.35 bits per heavy atom. The third-order valence-electron chi connectivity index (χ3n) is 3.41. The second-order valence-electron chi connectivity index (χ2n) is 4.56. The molecule has 0 aliphatic rings. The number of hydrogen-bond acceptors (Lipinski definition) is 3. The van der Waals surface area contributed by atoms with Crippen molar-refractivity contribution in [2.75, 3.05) is 5.73 Å². The molecule has 1 aromatic carbocycles. The van der Waals surface area contributed by atoms with Crippen LogP contribution in [0, 0.1) is 0 Å². The van der Waals surface area contributed by atoms with Crippen molar-refractivity contribution in [1.29, 1.82) is 0 Å². The van der Waals surface area contributed by atoms with E-state index < -0.39 is 5.91 Å². The molecule has 0 radical (unpaired) electrons. The number of rotatable bonds is 2. The van der Waals surface area contributed by atoms with Gasteiger partial charge in [0.15, 0.2) is 0 Å². The lowest BCUT2D eigenvalue weighted by atomic mass is 10.1. The summed E-state index contributed by atoms with van der Waals surface area (Å²) in [5, 5.41) is 1.90. The Balaban J connectivity index is 2.53. The number of hydrogen-bond donors (Lipinski definition) is 2. The topological polar surface area (TPSA) is 86.9 Å². The van der Waals surface area contributed by atoms with Crippen LogP contribution in [-0.4, -0.2) is 15.5 Å². The fraction of sp³-hybridized carbons (Fsp3) is 0.143. The Kier molecular flexibility index (Phi) is 2.90. The molecule has 2 heterocycles. The second kappa shape index (κ2) is 4.49. The zero-order valence-electron chi connectivity index (χ0n) is 10.9. The SMILES string of the molecule is CCn1c2ccc(Br)cc2c2cc(C(N)=O)c(N)nc21. The van der Waals surface area contributed by atoms with E-state index in [0.29, 0.717) is 0 Å². The number of carbonyl (C=O) groups is 1. The molecule has 0 saturated heterocycles. The summed E-state index contributed by atoms with van der Waals surface area (Å²) in [6, 6.07) is 7.73. The molecule has 6 heteroatoms. The van der Waals surface area contributed by atoms with Crippen LogP contribution < -0.4 is 11.5 Å². The van der Waals surface area contributed by atoms with E-state index >= 15 is 0 Å². The van der Waals surface area contributed by atoms with E-state index in [4.69, 9.17) is 11.5 Å². The van der Waals surface area contributed by atoms with Crippen LogP contribution in [0.4, 0.5) is 5.82 Å². The maximum Gasteiger partial charge on any atom is 0.252 e. The highest BCUT2D eigenvalue weighted by Gasteiger charge is 2.16. The number of nitrogens with zero attached hydrogens (tertiary/aromatic N) is 2. The number of nitrogens with two attached hydrogens (primary N) is 2. The van der Waals surface area contributed by atoms with Crippen molar-refractivity contribution in [1.82, 2.24) is 9.55 Å². The number of fused-ring (bicyclic) bond motifs is 3. The average Bonchev–Trinajstić information content (AvgIpc) is 2.69. The van der Waals surface area contributed by atoms with Gasteiger partial charge in [0.2, 0.25) is 0 Å². The van der Waals surface area contributed by atoms with E-state index in [2.05, 4.69) is 25.5 Å². The smallest absolute Gasteiger partial charge is 0.252 e. The number of pyridine rings is 1. The molecule has 102 valence electrons. The van der Waals surface area contributed by atoms with Crippen molar-refractivity contribution in [3.8, 4) is 0 Å². The maximum atomic E-state index is 11.4. The molecule has 5 nitrogen and oxygen atoms in total. The van der Waals surface area contributed by atoms with Crippen molar-refractivity contribution in [2.24, 2.45) is 5.73 Å². The first kappa shape index (κ1) is 12.9. The van der Waals surface area contributed by atoms with Crippen LogP contribution in [0.3, 0.4) is 0 Å². The molecular weight excluding hydrogens is 320 g/mol. The minimum absolute atomic E-state index is 0.168. The Bertz CT molecular complexity index is 853. The lowest BCUT2D eigenvalue weighted by Gasteiger charge is -2.04. The highest BCUT2D eigenvalue weighted by molar-refractivity contribution is 9.10. The lowest BCUT2D eigenvalue weighted by Crippen LogP contribution is -2.14. The largest absolute Gasteiger partial charge is 0.383 e. The van der Waals surface area contributed by atoms with Crippen LogP contribution in [0.2, 0.25) is 0 Å². The van der Waals surface area contributed by atoms with Gasteiger partial charge in [-0.2, -0.15) is 0 Å². The number of aromatic nitrogens is 2. The summed E-state index contributed by atoms with van der Waals surface area (Å²) in [5.41, 5.74) is 13.3. The van der Waals surface area contributed by atoms with Crippen molar-refractivity contribution in [3.05, 3.63) is 34.3 Å². The van der Waals surface area contributed by atoms with Crippen LogP contribution in [0.5, 0.6) is 0 Å². The van der Waals surface area contributed by atoms with Gasteiger partial charge in [-0.05, 0) is 31.2 Å². The molecule has 0 bridgehead atoms. The normalized spacial score (nSPS) is 11.3. The number of nitrogen functional groups attached to an aromatic ring is 1. The molecule has 1 amide bonds. The number of amides is 1. The zero-order valence-corrected chi connectivity index (χ0v) is 12.4. The van der Waals surface area contributed by atoms with E-state index in [1.807, 2.05) is 25.1 Å². The first-order valence-corrected chi connectivity index (χ1v) is 7.00. The number of anilines is 1. The molecule has 2 aromatic heterocycles. The Morgan fingerprint density at radius 3 is 2.75 bits per heavy atom. The number of aryl methyl sites for hydroxylation is 1. The highest BCUT2D eigenvalue weighted by Crippen LogP contribution is 2.31. The van der Waals surface area contributed by atoms with Gasteiger partial charge in [0, 0.05) is 21.8 Å². The van der Waals surface area contributed by atoms with Crippen LogP contribution in [0.1, 0.15) is 17.3 Å². The number of carbonyl (C=O) groups excluding carboxylic acids is 1. The van der Waals surface area contributed by atoms with Gasteiger partial charge in [0.25, 0.3) is 5.91 Å². The summed E-state index contributed by atoms with van der Waals surface area (Å²) in [5.74, 6) is -0.397. The first-order chi connectivity index (χ1) is 9.52. The van der Waals surface area contributed by atoms with E-state index in [0.717, 1.165) is 33.0 Å². The molecule has 4 N–H and O–H groups in total. The predicted molar refractivity (Wildman–Crippen MR) is 83.5 cm³/mol. The summed E-state index contributed by atoms with van der Waals surface area (Å²) in [4.78, 5) is 15.8. The molecule has 0 aliphatic carbocycles. The third-order valence-corrected chi connectivity index (χ3v) is 3.90. The molecule has 0 spiro atoms. The maximum absolute atomic E-state index is 11.4. The van der Waals surface area contributed by atoms with Crippen LogP contribution >= 0.6 is 15.9 Å². The van der Waals surface area contributed by atoms with E-state index in [1.165, 1.54) is 0 Å². The average molecular weight is 333 g/mol. The second-order valence-corrected chi connectivity index (χ2v) is 5.48. The van der Waals surface area contributed by atoms with Crippen molar-refractivity contribution in [3.63, 3.8) is 0 Å².